The molecule has 1 unspecified atom stereocenters. The van der Waals surface area contributed by atoms with E-state index in [4.69, 9.17) is 21.3 Å². The number of methoxy groups -OCH3 is 1. The zero-order valence-corrected chi connectivity index (χ0v) is 17.5. The van der Waals surface area contributed by atoms with Gasteiger partial charge in [0.2, 0.25) is 0 Å². The standard InChI is InChI=1S/C18H14BrClN4O2S/c1-26-15-11(7-9(20)8-12(15)19)16-21-13-6-4-3-5-10(13)14-17(25)22-18(27-2)23-24(14)16/h3-8,16H,1-2H3,(H,22,23,25). The van der Waals surface area contributed by atoms with Gasteiger partial charge in [-0.05, 0) is 40.4 Å². The molecule has 2 aromatic carbocycles. The van der Waals surface area contributed by atoms with E-state index in [0.717, 1.165) is 5.22 Å². The van der Waals surface area contributed by atoms with Gasteiger partial charge in [0, 0.05) is 15.8 Å². The second-order valence-electron chi connectivity index (χ2n) is 5.79. The van der Waals surface area contributed by atoms with Gasteiger partial charge in [-0.2, -0.15) is 0 Å². The first kappa shape index (κ1) is 18.3. The summed E-state index contributed by atoms with van der Waals surface area (Å²) >= 11 is 11.1. The van der Waals surface area contributed by atoms with Crippen LogP contribution >= 0.6 is 39.3 Å². The minimum absolute atomic E-state index is 0.221. The van der Waals surface area contributed by atoms with Crippen LogP contribution in [0.4, 0.5) is 0 Å². The van der Waals surface area contributed by atoms with Gasteiger partial charge in [0.15, 0.2) is 11.3 Å². The third-order valence-electron chi connectivity index (χ3n) is 4.23. The summed E-state index contributed by atoms with van der Waals surface area (Å²) in [6.07, 6.45) is 1.26. The maximum atomic E-state index is 12.8. The number of nitrogens with one attached hydrogen (secondary N) is 1. The summed E-state index contributed by atoms with van der Waals surface area (Å²) in [6, 6.07) is 11.0. The van der Waals surface area contributed by atoms with Crippen molar-refractivity contribution in [1.29, 1.82) is 0 Å². The fourth-order valence-electron chi connectivity index (χ4n) is 3.11. The number of thioether (sulfide) groups is 1. The Morgan fingerprint density at radius 1 is 1.33 bits per heavy atom. The quantitative estimate of drug-likeness (QED) is 0.740. The number of benzene rings is 2. The van der Waals surface area contributed by atoms with Crippen LogP contribution in [0.15, 0.2) is 51.0 Å². The fraction of sp³-hybridized carbons (Fsp3) is 0.167. The van der Waals surface area contributed by atoms with Crippen LogP contribution in [0.2, 0.25) is 5.02 Å². The number of hydrogen-bond donors (Lipinski definition) is 1. The van der Waals surface area contributed by atoms with Crippen molar-refractivity contribution in [3.8, 4) is 5.75 Å². The second-order valence-corrected chi connectivity index (χ2v) is 7.87. The molecule has 0 fully saturated rings. The van der Waals surface area contributed by atoms with Crippen molar-refractivity contribution in [2.45, 2.75) is 6.17 Å². The lowest BCUT2D eigenvalue weighted by Gasteiger charge is -2.34. The molecular weight excluding hydrogens is 452 g/mol. The zero-order chi connectivity index (χ0) is 19.1. The van der Waals surface area contributed by atoms with Crippen molar-refractivity contribution in [3.05, 3.63) is 62.0 Å². The summed E-state index contributed by atoms with van der Waals surface area (Å²) < 4.78 is 6.28. The number of hydrogen-bond acceptors (Lipinski definition) is 6. The average Bonchev–Trinajstić information content (AvgIpc) is 2.66. The molecule has 2 heterocycles. The first-order valence-corrected chi connectivity index (χ1v) is 10.4. The van der Waals surface area contributed by atoms with Crippen LogP contribution in [0.3, 0.4) is 0 Å². The Balaban J connectivity index is 2.03. The molecule has 0 spiro atoms. The first-order valence-electron chi connectivity index (χ1n) is 7.96. The molecule has 138 valence electrons. The van der Waals surface area contributed by atoms with Crippen LogP contribution in [-0.2, 0) is 4.79 Å². The van der Waals surface area contributed by atoms with Gasteiger partial charge in [-0.1, -0.05) is 41.6 Å². The molecule has 0 saturated heterocycles. The number of carbonyl (C=O) groups is 1. The van der Waals surface area contributed by atoms with E-state index in [-0.39, 0.29) is 5.91 Å². The number of halogens is 2. The number of fused-ring (bicyclic) bond motifs is 2. The molecule has 6 nitrogen and oxygen atoms in total. The van der Waals surface area contributed by atoms with E-state index in [1.165, 1.54) is 11.8 Å². The van der Waals surface area contributed by atoms with Gasteiger partial charge >= 0.3 is 0 Å². The molecule has 9 heteroatoms. The van der Waals surface area contributed by atoms with Gasteiger partial charge in [-0.25, -0.2) is 5.01 Å². The number of nitrogens with zero attached hydrogens (tertiary/aromatic N) is 3. The Bertz CT molecular complexity index is 1110. The van der Waals surface area contributed by atoms with E-state index in [2.05, 4.69) is 26.3 Å². The van der Waals surface area contributed by atoms with E-state index in [1.54, 1.807) is 24.3 Å². The molecule has 1 atom stereocenters. The molecule has 2 aliphatic heterocycles. The largest absolute Gasteiger partial charge is 0.495 e. The van der Waals surface area contributed by atoms with Crippen molar-refractivity contribution in [3.63, 3.8) is 0 Å². The van der Waals surface area contributed by atoms with E-state index < -0.39 is 6.17 Å². The van der Waals surface area contributed by atoms with Crippen LogP contribution in [0.25, 0.3) is 5.70 Å². The average molecular weight is 466 g/mol. The van der Waals surface area contributed by atoms with Crippen LogP contribution in [0.1, 0.15) is 11.7 Å². The number of amides is 1. The highest BCUT2D eigenvalue weighted by atomic mass is 79.9. The summed E-state index contributed by atoms with van der Waals surface area (Å²) in [6.45, 7) is 0. The lowest BCUT2D eigenvalue weighted by molar-refractivity contribution is -0.116. The Kier molecular flexibility index (Phi) is 4.88. The molecule has 0 aromatic heterocycles. The first-order chi connectivity index (χ1) is 13.0. The summed E-state index contributed by atoms with van der Waals surface area (Å²) in [4.78, 5) is 17.7. The molecule has 4 rings (SSSR count). The van der Waals surface area contributed by atoms with Gasteiger partial charge in [0.1, 0.15) is 11.4 Å². The molecule has 0 bridgehead atoms. The summed E-state index contributed by atoms with van der Waals surface area (Å²) in [5.74, 6) is 0.375. The molecule has 2 aromatic rings. The fourth-order valence-corrected chi connectivity index (χ4v) is 4.47. The molecule has 0 radical (unpaired) electrons. The SMILES string of the molecule is COc1c(Br)cc(Cl)cc1C1N=c2ccccc2=C2C(=O)NC(SC)=NN21. The van der Waals surface area contributed by atoms with Crippen molar-refractivity contribution in [2.75, 3.05) is 13.4 Å². The van der Waals surface area contributed by atoms with E-state index in [0.29, 0.717) is 37.0 Å². The summed E-state index contributed by atoms with van der Waals surface area (Å²) in [7, 11) is 1.58. The Morgan fingerprint density at radius 2 is 2.11 bits per heavy atom. The monoisotopic (exact) mass is 464 g/mol. The molecule has 1 amide bonds. The number of rotatable bonds is 2. The maximum Gasteiger partial charge on any atom is 0.276 e. The third kappa shape index (κ3) is 3.11. The predicted molar refractivity (Wildman–Crippen MR) is 110 cm³/mol. The van der Waals surface area contributed by atoms with E-state index in [1.807, 2.05) is 30.5 Å². The van der Waals surface area contributed by atoms with Gasteiger partial charge in [-0.15, -0.1) is 5.10 Å². The zero-order valence-electron chi connectivity index (χ0n) is 14.4. The minimum atomic E-state index is -0.590. The molecular formula is C18H14BrClN4O2S. The van der Waals surface area contributed by atoms with Crippen molar-refractivity contribution in [1.82, 2.24) is 10.3 Å². The van der Waals surface area contributed by atoms with Gasteiger partial charge in [0.25, 0.3) is 5.91 Å². The van der Waals surface area contributed by atoms with Gasteiger partial charge < -0.3 is 4.74 Å². The topological polar surface area (TPSA) is 66.3 Å². The highest BCUT2D eigenvalue weighted by molar-refractivity contribution is 9.10. The Hall–Kier alpha value is -2.03. The molecule has 27 heavy (non-hydrogen) atoms. The summed E-state index contributed by atoms with van der Waals surface area (Å²) in [5.41, 5.74) is 1.16. The molecule has 1 N–H and O–H groups in total. The molecule has 2 aliphatic rings. The normalized spacial score (nSPS) is 18.1. The number of carbonyl (C=O) groups excluding carboxylic acids is 1. The third-order valence-corrected chi connectivity index (χ3v) is 5.61. The highest BCUT2D eigenvalue weighted by Crippen LogP contribution is 2.40. The van der Waals surface area contributed by atoms with Crippen LogP contribution in [0.5, 0.6) is 5.75 Å². The van der Waals surface area contributed by atoms with Crippen molar-refractivity contribution in [2.24, 2.45) is 10.1 Å². The lowest BCUT2D eigenvalue weighted by Crippen LogP contribution is -2.50. The highest BCUT2D eigenvalue weighted by Gasteiger charge is 2.36. The second kappa shape index (κ2) is 7.18. The lowest BCUT2D eigenvalue weighted by atomic mass is 10.1. The number of ether oxygens (including phenoxy) is 1. The number of amidine groups is 1. The smallest absolute Gasteiger partial charge is 0.276 e. The number of hydrazone groups is 1. The molecule has 0 saturated carbocycles. The number of para-hydroxylation sites is 1. The minimum Gasteiger partial charge on any atom is -0.495 e. The van der Waals surface area contributed by atoms with E-state index >= 15 is 0 Å². The Labute approximate surface area is 173 Å². The van der Waals surface area contributed by atoms with Gasteiger partial charge in [0.05, 0.1) is 16.9 Å². The van der Waals surface area contributed by atoms with Crippen LogP contribution < -0.4 is 20.6 Å². The Morgan fingerprint density at radius 3 is 2.85 bits per heavy atom. The maximum absolute atomic E-state index is 12.8. The van der Waals surface area contributed by atoms with Crippen molar-refractivity contribution >= 4 is 56.1 Å². The van der Waals surface area contributed by atoms with Crippen molar-refractivity contribution < 1.29 is 9.53 Å². The summed E-state index contributed by atoms with van der Waals surface area (Å²) in [5, 5.41) is 11.5. The van der Waals surface area contributed by atoms with E-state index in [9.17, 15) is 4.79 Å². The van der Waals surface area contributed by atoms with Crippen LogP contribution in [-0.4, -0.2) is 29.4 Å². The van der Waals surface area contributed by atoms with Crippen LogP contribution in [0, 0.1) is 0 Å². The predicted octanol–water partition coefficient (Wildman–Crippen LogP) is 2.62. The molecule has 0 aliphatic carbocycles. The van der Waals surface area contributed by atoms with Gasteiger partial charge in [-0.3, -0.25) is 15.1 Å².